The van der Waals surface area contributed by atoms with E-state index in [9.17, 15) is 4.79 Å². The van der Waals surface area contributed by atoms with Crippen LogP contribution in [-0.2, 0) is 7.05 Å². The van der Waals surface area contributed by atoms with Gasteiger partial charge < -0.3 is 5.73 Å². The summed E-state index contributed by atoms with van der Waals surface area (Å²) in [6.45, 7) is 0. The van der Waals surface area contributed by atoms with E-state index in [1.807, 2.05) is 13.2 Å². The molecule has 0 aliphatic heterocycles. The van der Waals surface area contributed by atoms with Crippen LogP contribution in [0.5, 0.6) is 0 Å². The maximum atomic E-state index is 11.5. The van der Waals surface area contributed by atoms with Gasteiger partial charge in [0.1, 0.15) is 0 Å². The minimum absolute atomic E-state index is 0.419. The van der Waals surface area contributed by atoms with E-state index in [2.05, 4.69) is 15.1 Å². The maximum absolute atomic E-state index is 11.5. The van der Waals surface area contributed by atoms with Gasteiger partial charge in [0.05, 0.1) is 28.0 Å². The van der Waals surface area contributed by atoms with E-state index in [1.165, 1.54) is 11.3 Å². The zero-order valence-corrected chi connectivity index (χ0v) is 11.5. The fraction of sp³-hybridized carbons (Fsp3) is 0.0769. The van der Waals surface area contributed by atoms with Crippen molar-refractivity contribution in [3.8, 4) is 21.8 Å². The lowest BCUT2D eigenvalue weighted by Crippen LogP contribution is -2.11. The van der Waals surface area contributed by atoms with Gasteiger partial charge in [-0.2, -0.15) is 5.10 Å². The summed E-state index contributed by atoms with van der Waals surface area (Å²) in [5.74, 6) is -0.483. The summed E-state index contributed by atoms with van der Waals surface area (Å²) in [5.41, 5.74) is 9.71. The van der Waals surface area contributed by atoms with Crippen molar-refractivity contribution in [3.63, 3.8) is 0 Å². The number of carbonyl (C=O) groups is 1. The standard InChI is InChI=1S/C13H11N5OS/c1-18-6-9(4-16-18)10-2-8(13(14)19)3-11(17-10)12-5-15-7-20-12/h2-7H,1H3,(H2,14,19). The molecule has 0 fully saturated rings. The Bertz CT molecular complexity index is 763. The fourth-order valence-electron chi connectivity index (χ4n) is 1.84. The van der Waals surface area contributed by atoms with E-state index < -0.39 is 5.91 Å². The molecule has 6 nitrogen and oxygen atoms in total. The Morgan fingerprint density at radius 1 is 1.30 bits per heavy atom. The van der Waals surface area contributed by atoms with Crippen LogP contribution in [0.25, 0.3) is 21.8 Å². The number of pyridine rings is 1. The highest BCUT2D eigenvalue weighted by molar-refractivity contribution is 7.13. The minimum Gasteiger partial charge on any atom is -0.366 e. The van der Waals surface area contributed by atoms with Crippen LogP contribution in [0.3, 0.4) is 0 Å². The van der Waals surface area contributed by atoms with Crippen molar-refractivity contribution in [2.24, 2.45) is 12.8 Å². The van der Waals surface area contributed by atoms with Crippen LogP contribution < -0.4 is 5.73 Å². The second-order valence-corrected chi connectivity index (χ2v) is 5.15. The van der Waals surface area contributed by atoms with E-state index >= 15 is 0 Å². The van der Waals surface area contributed by atoms with Gasteiger partial charge in [-0.05, 0) is 12.1 Å². The monoisotopic (exact) mass is 285 g/mol. The quantitative estimate of drug-likeness (QED) is 0.793. The Kier molecular flexibility index (Phi) is 3.03. The molecule has 0 aliphatic carbocycles. The summed E-state index contributed by atoms with van der Waals surface area (Å²) in [7, 11) is 1.82. The molecule has 2 N–H and O–H groups in total. The van der Waals surface area contributed by atoms with E-state index in [4.69, 9.17) is 5.73 Å². The Labute approximate surface area is 118 Å². The van der Waals surface area contributed by atoms with Crippen molar-refractivity contribution in [1.29, 1.82) is 0 Å². The fourth-order valence-corrected chi connectivity index (χ4v) is 2.43. The molecule has 20 heavy (non-hydrogen) atoms. The first kappa shape index (κ1) is 12.5. The van der Waals surface area contributed by atoms with Crippen LogP contribution in [0.1, 0.15) is 10.4 Å². The number of rotatable bonds is 3. The molecule has 0 atom stereocenters. The summed E-state index contributed by atoms with van der Waals surface area (Å²) in [5, 5.41) is 4.11. The zero-order valence-electron chi connectivity index (χ0n) is 10.6. The second-order valence-electron chi connectivity index (χ2n) is 4.26. The predicted octanol–water partition coefficient (Wildman–Crippen LogP) is 1.70. The molecule has 0 saturated carbocycles. The summed E-state index contributed by atoms with van der Waals surface area (Å²) >= 11 is 1.46. The molecular formula is C13H11N5OS. The van der Waals surface area contributed by atoms with Crippen molar-refractivity contribution in [3.05, 3.63) is 41.8 Å². The van der Waals surface area contributed by atoms with Gasteiger partial charge in [0.2, 0.25) is 5.91 Å². The SMILES string of the molecule is Cn1cc(-c2cc(C(N)=O)cc(-c3cncs3)n2)cn1. The van der Waals surface area contributed by atoms with Crippen LogP contribution in [0.2, 0.25) is 0 Å². The molecule has 3 heterocycles. The molecule has 0 unspecified atom stereocenters. The highest BCUT2D eigenvalue weighted by Crippen LogP contribution is 2.26. The number of thiazole rings is 1. The topological polar surface area (TPSA) is 86.7 Å². The number of nitrogens with two attached hydrogens (primary N) is 1. The number of amides is 1. The van der Waals surface area contributed by atoms with Crippen molar-refractivity contribution >= 4 is 17.2 Å². The van der Waals surface area contributed by atoms with Gasteiger partial charge in [0.25, 0.3) is 0 Å². The molecule has 0 bridgehead atoms. The summed E-state index contributed by atoms with van der Waals surface area (Å²) < 4.78 is 1.68. The molecule has 1 amide bonds. The molecule has 0 spiro atoms. The normalized spacial score (nSPS) is 10.7. The molecule has 0 saturated heterocycles. The third-order valence-electron chi connectivity index (χ3n) is 2.80. The van der Waals surface area contributed by atoms with Gasteiger partial charge in [-0.25, -0.2) is 4.98 Å². The van der Waals surface area contributed by atoms with E-state index in [0.29, 0.717) is 17.0 Å². The number of carbonyl (C=O) groups excluding carboxylic acids is 1. The first-order valence-electron chi connectivity index (χ1n) is 5.83. The Morgan fingerprint density at radius 3 is 2.70 bits per heavy atom. The van der Waals surface area contributed by atoms with Crippen molar-refractivity contribution in [2.75, 3.05) is 0 Å². The van der Waals surface area contributed by atoms with Crippen molar-refractivity contribution in [1.82, 2.24) is 19.7 Å². The number of hydrogen-bond donors (Lipinski definition) is 1. The lowest BCUT2D eigenvalue weighted by Gasteiger charge is -2.04. The summed E-state index contributed by atoms with van der Waals surface area (Å²) in [4.78, 5) is 20.9. The number of nitrogens with zero attached hydrogens (tertiary/aromatic N) is 4. The van der Waals surface area contributed by atoms with E-state index in [-0.39, 0.29) is 0 Å². The highest BCUT2D eigenvalue weighted by atomic mass is 32.1. The highest BCUT2D eigenvalue weighted by Gasteiger charge is 2.12. The third-order valence-corrected chi connectivity index (χ3v) is 3.59. The first-order chi connectivity index (χ1) is 9.63. The van der Waals surface area contributed by atoms with Gasteiger partial charge >= 0.3 is 0 Å². The molecule has 3 aromatic heterocycles. The molecular weight excluding hydrogens is 274 g/mol. The number of hydrogen-bond acceptors (Lipinski definition) is 5. The van der Waals surface area contributed by atoms with Crippen molar-refractivity contribution in [2.45, 2.75) is 0 Å². The predicted molar refractivity (Wildman–Crippen MR) is 76.1 cm³/mol. The van der Waals surface area contributed by atoms with Crippen LogP contribution in [-0.4, -0.2) is 25.7 Å². The zero-order chi connectivity index (χ0) is 14.1. The molecule has 0 aliphatic rings. The van der Waals surface area contributed by atoms with Gasteiger partial charge in [-0.15, -0.1) is 11.3 Å². The number of aromatic nitrogens is 4. The Hall–Kier alpha value is -2.54. The van der Waals surface area contributed by atoms with Gasteiger partial charge in [-0.1, -0.05) is 0 Å². The lowest BCUT2D eigenvalue weighted by atomic mass is 10.1. The molecule has 3 rings (SSSR count). The molecule has 0 aromatic carbocycles. The van der Waals surface area contributed by atoms with Gasteiger partial charge in [0, 0.05) is 30.6 Å². The first-order valence-corrected chi connectivity index (χ1v) is 6.71. The molecule has 100 valence electrons. The van der Waals surface area contributed by atoms with Crippen LogP contribution >= 0.6 is 11.3 Å². The van der Waals surface area contributed by atoms with Crippen LogP contribution in [0.4, 0.5) is 0 Å². The second kappa shape index (κ2) is 4.86. The summed E-state index contributed by atoms with van der Waals surface area (Å²) in [6.07, 6.45) is 5.25. The smallest absolute Gasteiger partial charge is 0.248 e. The molecule has 0 radical (unpaired) electrons. The molecule has 7 heteroatoms. The van der Waals surface area contributed by atoms with Gasteiger partial charge in [-0.3, -0.25) is 14.5 Å². The lowest BCUT2D eigenvalue weighted by molar-refractivity contribution is 0.100. The van der Waals surface area contributed by atoms with Crippen LogP contribution in [0.15, 0.2) is 36.2 Å². The number of aryl methyl sites for hydroxylation is 1. The average molecular weight is 285 g/mol. The van der Waals surface area contributed by atoms with Gasteiger partial charge in [0.15, 0.2) is 0 Å². The van der Waals surface area contributed by atoms with Crippen molar-refractivity contribution < 1.29 is 4.79 Å². The average Bonchev–Trinajstić information content (AvgIpc) is 3.09. The Balaban J connectivity index is 2.17. The molecule has 3 aromatic rings. The van der Waals surface area contributed by atoms with Crippen LogP contribution in [0, 0.1) is 0 Å². The maximum Gasteiger partial charge on any atom is 0.248 e. The third kappa shape index (κ3) is 2.30. The minimum atomic E-state index is -0.483. The van der Waals surface area contributed by atoms with E-state index in [0.717, 1.165) is 10.4 Å². The summed E-state index contributed by atoms with van der Waals surface area (Å²) in [6, 6.07) is 3.35. The Morgan fingerprint density at radius 2 is 2.10 bits per heavy atom. The van der Waals surface area contributed by atoms with E-state index in [1.54, 1.807) is 34.7 Å². The largest absolute Gasteiger partial charge is 0.366 e. The number of primary amides is 1.